The molecular weight excluding hydrogens is 974 g/mol. The van der Waals surface area contributed by atoms with Gasteiger partial charge in [0.1, 0.15) is 40.6 Å². The van der Waals surface area contributed by atoms with Crippen LogP contribution in [0.1, 0.15) is 105 Å². The number of aliphatic hydroxyl groups is 3. The Labute approximate surface area is 432 Å². The second kappa shape index (κ2) is 20.8. The highest BCUT2D eigenvalue weighted by Crippen LogP contribution is 2.49. The third-order valence-electron chi connectivity index (χ3n) is 15.3. The maximum absolute atomic E-state index is 16.2. The standard InChI is InChI=1S/C55H64FN5O14/c1-25-12-11-13-26(2)54(70)57-43-44(60-19-17-59(18-20-60)38-23-37-34(22-36(38)56)48(67)35(31(7)62)24-61(37)33-14-15-33)50(69)40-41(49(43)68)47(66)30(6)52-42(40)53(58-71)55(9,75-52)73-21-16-39(72-10)27(3)51(74-32(8)63)29(5)46(65)28(4)45(25)64/h11-13,16,21-25,27-29,33,39,45-46,51,62,64-66,71H,7,14-15,17-20H2,1-6,8-10H3,(H,57,70)/b12-11+,21-16+,26-13-,58-53-/t25-,27+,28+,29+,39-,45-,46+,51+,55-/m0/s1. The van der Waals surface area contributed by atoms with Crippen molar-refractivity contribution < 1.29 is 68.1 Å². The number of ketones is 2. The summed E-state index contributed by atoms with van der Waals surface area (Å²) in [6, 6.07) is 2.75. The van der Waals surface area contributed by atoms with Crippen LogP contribution in [0.4, 0.5) is 10.1 Å². The van der Waals surface area contributed by atoms with Gasteiger partial charge in [-0.25, -0.2) is 4.39 Å². The number of hydrogen-bond acceptors (Lipinski definition) is 17. The van der Waals surface area contributed by atoms with E-state index in [4.69, 9.17) is 18.9 Å². The lowest BCUT2D eigenvalue weighted by Crippen LogP contribution is -2.50. The van der Waals surface area contributed by atoms with Gasteiger partial charge in [-0.3, -0.25) is 24.0 Å². The number of allylic oxidation sites excluding steroid dienone is 4. The number of nitrogens with one attached hydrogen (secondary N) is 1. The molecule has 3 aromatic rings. The van der Waals surface area contributed by atoms with Gasteiger partial charge in [-0.15, -0.1) is 0 Å². The van der Waals surface area contributed by atoms with Crippen LogP contribution in [0.5, 0.6) is 11.5 Å². The molecule has 2 aliphatic carbocycles. The van der Waals surface area contributed by atoms with Gasteiger partial charge < -0.3 is 64.3 Å². The topological polar surface area (TPSA) is 259 Å². The van der Waals surface area contributed by atoms with Crippen molar-refractivity contribution in [1.29, 1.82) is 0 Å². The number of halogens is 1. The van der Waals surface area contributed by atoms with Gasteiger partial charge in [0.25, 0.3) is 11.7 Å². The molecule has 2 aromatic carbocycles. The number of Topliss-reactive ketones (excluding diaryl/α,β-unsaturated/α-hetero) is 2. The monoisotopic (exact) mass is 1040 g/mol. The van der Waals surface area contributed by atoms with Gasteiger partial charge in [-0.05, 0) is 44.9 Å². The van der Waals surface area contributed by atoms with Crippen LogP contribution >= 0.6 is 0 Å². The average molecular weight is 1040 g/mol. The summed E-state index contributed by atoms with van der Waals surface area (Å²) in [6.07, 6.45) is 6.34. The van der Waals surface area contributed by atoms with Crippen LogP contribution in [0.2, 0.25) is 0 Å². The highest BCUT2D eigenvalue weighted by atomic mass is 19.1. The van der Waals surface area contributed by atoms with Gasteiger partial charge in [0.05, 0.1) is 58.0 Å². The summed E-state index contributed by atoms with van der Waals surface area (Å²) in [7, 11) is 1.41. The number of pyridine rings is 1. The van der Waals surface area contributed by atoms with E-state index in [-0.39, 0.29) is 82.7 Å². The predicted molar refractivity (Wildman–Crippen MR) is 274 cm³/mol. The molecule has 9 rings (SSSR count). The number of anilines is 1. The van der Waals surface area contributed by atoms with E-state index in [2.05, 4.69) is 17.1 Å². The molecular formula is C55H64FN5O14. The Kier molecular flexibility index (Phi) is 15.0. The largest absolute Gasteiger partial charge is 0.508 e. The quantitative estimate of drug-likeness (QED) is 0.0706. The maximum atomic E-state index is 16.2. The van der Waals surface area contributed by atoms with E-state index < -0.39 is 117 Å². The number of rotatable bonds is 6. The number of esters is 1. The number of nitrogens with zero attached hydrogens (tertiary/aromatic N) is 4. The van der Waals surface area contributed by atoms with Crippen molar-refractivity contribution in [2.45, 2.75) is 104 Å². The molecule has 1 amide bonds. The van der Waals surface area contributed by atoms with Crippen LogP contribution in [0.25, 0.3) is 16.7 Å². The highest BCUT2D eigenvalue weighted by Gasteiger charge is 2.52. The fourth-order valence-electron chi connectivity index (χ4n) is 10.8. The van der Waals surface area contributed by atoms with Gasteiger partial charge in [-0.1, -0.05) is 57.7 Å². The fraction of sp³-hybridized carbons (Fsp3) is 0.455. The van der Waals surface area contributed by atoms with Crippen molar-refractivity contribution >= 4 is 51.5 Å². The molecule has 75 heavy (non-hydrogen) atoms. The molecule has 2 fully saturated rings. The van der Waals surface area contributed by atoms with Crippen molar-refractivity contribution in [2.75, 3.05) is 38.2 Å². The van der Waals surface area contributed by atoms with Crippen molar-refractivity contribution in [3.8, 4) is 11.5 Å². The predicted octanol–water partition coefficient (Wildman–Crippen LogP) is 6.09. The number of methoxy groups -OCH3 is 1. The maximum Gasteiger partial charge on any atom is 0.302 e. The molecule has 400 valence electrons. The van der Waals surface area contributed by atoms with Gasteiger partial charge in [0, 0.05) is 99.6 Å². The molecule has 1 aromatic heterocycles. The van der Waals surface area contributed by atoms with E-state index in [1.807, 2.05) is 4.57 Å². The lowest BCUT2D eigenvalue weighted by molar-refractivity contribution is -0.160. The zero-order valence-electron chi connectivity index (χ0n) is 43.3. The Morgan fingerprint density at radius 1 is 0.933 bits per heavy atom. The number of phenols is 1. The number of ether oxygens (including phenoxy) is 4. The average Bonchev–Trinajstić information content (AvgIpc) is 4.19. The summed E-state index contributed by atoms with van der Waals surface area (Å²) in [5.41, 5.74) is -2.07. The Morgan fingerprint density at radius 2 is 1.60 bits per heavy atom. The zero-order chi connectivity index (χ0) is 54.7. The summed E-state index contributed by atoms with van der Waals surface area (Å²) < 4.78 is 42.1. The second-order valence-electron chi connectivity index (χ2n) is 20.4. The van der Waals surface area contributed by atoms with Crippen LogP contribution in [0.15, 0.2) is 82.4 Å². The number of carbonyl (C=O) groups is 4. The fourth-order valence-corrected chi connectivity index (χ4v) is 10.8. The summed E-state index contributed by atoms with van der Waals surface area (Å²) in [6.45, 7) is 16.0. The first-order valence-electron chi connectivity index (χ1n) is 24.9. The summed E-state index contributed by atoms with van der Waals surface area (Å²) in [4.78, 5) is 73.9. The molecule has 0 unspecified atom stereocenters. The van der Waals surface area contributed by atoms with Crippen molar-refractivity contribution in [2.24, 2.45) is 28.8 Å². The lowest BCUT2D eigenvalue weighted by Gasteiger charge is -2.40. The molecule has 6 aliphatic rings. The minimum atomic E-state index is -2.03. The van der Waals surface area contributed by atoms with E-state index in [9.17, 15) is 40.0 Å². The molecule has 6 N–H and O–H groups in total. The Bertz CT molecular complexity index is 3110. The van der Waals surface area contributed by atoms with Crippen LogP contribution in [0, 0.1) is 36.4 Å². The van der Waals surface area contributed by atoms with E-state index in [1.165, 1.54) is 65.5 Å². The zero-order valence-corrected chi connectivity index (χ0v) is 43.3. The molecule has 0 spiro atoms. The van der Waals surface area contributed by atoms with Crippen LogP contribution in [-0.2, 0) is 23.8 Å². The number of carbonyl (C=O) groups excluding carboxylic acids is 4. The van der Waals surface area contributed by atoms with Gasteiger partial charge in [0.2, 0.25) is 11.6 Å². The Hall–Kier alpha value is -7.29. The van der Waals surface area contributed by atoms with Crippen LogP contribution in [-0.4, -0.2) is 128 Å². The number of phenolic OH excluding ortho intramolecular Hbond substituents is 1. The van der Waals surface area contributed by atoms with E-state index in [0.717, 1.165) is 18.9 Å². The van der Waals surface area contributed by atoms with E-state index >= 15 is 14.0 Å². The first-order chi connectivity index (χ1) is 35.5. The number of aromatic nitrogens is 1. The molecule has 1 saturated heterocycles. The molecule has 20 heteroatoms. The van der Waals surface area contributed by atoms with Crippen molar-refractivity contribution in [1.82, 2.24) is 14.8 Å². The van der Waals surface area contributed by atoms with E-state index in [1.54, 1.807) is 49.6 Å². The molecule has 19 nitrogen and oxygen atoms in total. The summed E-state index contributed by atoms with van der Waals surface area (Å²) in [5, 5.41) is 62.2. The minimum absolute atomic E-state index is 0.0105. The number of fused-ring (bicyclic) bond motifs is 15. The number of aromatic hydroxyl groups is 1. The number of aliphatic hydroxyl groups excluding tert-OH is 3. The van der Waals surface area contributed by atoms with Crippen LogP contribution < -0.4 is 20.4 Å². The molecule has 9 atom stereocenters. The van der Waals surface area contributed by atoms with Crippen LogP contribution in [0.3, 0.4) is 0 Å². The first-order valence-corrected chi connectivity index (χ1v) is 24.9. The second-order valence-corrected chi connectivity index (χ2v) is 20.4. The highest BCUT2D eigenvalue weighted by molar-refractivity contribution is 6.33. The SMILES string of the molecule is C=C(O)c1cn(C2CC2)c2cc(N3CCN(C4=C5NC(=O)/C(C)=C\C=C\[C@H](C)[C@H](O)[C@@H](C)[C@@H](O)[C@@H](C)[C@H](OC(C)=O)[C@H](C)[C@@H](OC)/C=C/O[C@@]6(C)Oc7c(C)c(O)c(c(c7/C6=N/O)C4=O)C5=O)CC3)c(F)cc2c1=O. The number of amides is 1. The third-order valence-corrected chi connectivity index (χ3v) is 15.3. The van der Waals surface area contributed by atoms with E-state index in [0.29, 0.717) is 5.52 Å². The number of piperazine rings is 1. The molecule has 5 bridgehead atoms. The normalized spacial score (nSPS) is 29.9. The number of benzene rings is 2. The third kappa shape index (κ3) is 9.70. The summed E-state index contributed by atoms with van der Waals surface area (Å²) in [5.74, 6) is -9.89. The van der Waals surface area contributed by atoms with Crippen molar-refractivity contribution in [3.05, 3.63) is 116 Å². The lowest BCUT2D eigenvalue weighted by atomic mass is 9.78. The van der Waals surface area contributed by atoms with Gasteiger partial charge in [-0.2, -0.15) is 0 Å². The number of hydrogen-bond donors (Lipinski definition) is 6. The number of oxime groups is 1. The minimum Gasteiger partial charge on any atom is -0.508 e. The summed E-state index contributed by atoms with van der Waals surface area (Å²) >= 11 is 0. The van der Waals surface area contributed by atoms with Gasteiger partial charge in [0.15, 0.2) is 11.1 Å². The van der Waals surface area contributed by atoms with Crippen molar-refractivity contribution in [3.63, 3.8) is 0 Å². The Morgan fingerprint density at radius 3 is 2.21 bits per heavy atom. The molecule has 5 heterocycles. The molecule has 0 radical (unpaired) electrons. The molecule has 1 saturated carbocycles. The van der Waals surface area contributed by atoms with Gasteiger partial charge >= 0.3 is 5.97 Å². The molecule has 4 aliphatic heterocycles. The first kappa shape index (κ1) is 54.0. The smallest absolute Gasteiger partial charge is 0.302 e. The Balaban J connectivity index is 1.22.